The van der Waals surface area contributed by atoms with E-state index in [-0.39, 0.29) is 18.3 Å². The molecule has 2 amide bonds. The molecule has 2 aromatic rings. The normalized spacial score (nSPS) is 17.8. The molecule has 1 saturated heterocycles. The Morgan fingerprint density at radius 1 is 1.06 bits per heavy atom. The van der Waals surface area contributed by atoms with Crippen molar-refractivity contribution in [2.24, 2.45) is 0 Å². The van der Waals surface area contributed by atoms with Gasteiger partial charge in [-0.25, -0.2) is 0 Å². The van der Waals surface area contributed by atoms with Gasteiger partial charge in [0, 0.05) is 38.3 Å². The molecule has 0 atom stereocenters. The molecule has 3 aliphatic rings. The molecule has 3 aliphatic heterocycles. The molecule has 2 N–H and O–H groups in total. The highest BCUT2D eigenvalue weighted by atomic mass is 16.5. The molecule has 4 heterocycles. The fourth-order valence-electron chi connectivity index (χ4n) is 4.38. The van der Waals surface area contributed by atoms with Crippen LogP contribution in [0.25, 0.3) is 0 Å². The Balaban J connectivity index is 0.000000775. The van der Waals surface area contributed by atoms with Crippen molar-refractivity contribution in [1.29, 1.82) is 0 Å². The van der Waals surface area contributed by atoms with E-state index in [1.165, 1.54) is 11.1 Å². The van der Waals surface area contributed by atoms with Crippen molar-refractivity contribution in [2.45, 2.75) is 26.1 Å². The number of hydrogen-bond acceptors (Lipinski definition) is 6. The summed E-state index contributed by atoms with van der Waals surface area (Å²) in [6, 6.07) is 8.15. The number of ether oxygens (including phenoxy) is 1. The summed E-state index contributed by atoms with van der Waals surface area (Å²) in [6.07, 6.45) is 0.655. The fourth-order valence-corrected chi connectivity index (χ4v) is 4.38. The number of rotatable bonds is 3. The van der Waals surface area contributed by atoms with E-state index >= 15 is 0 Å². The minimum absolute atomic E-state index is 0.0354. The van der Waals surface area contributed by atoms with E-state index in [9.17, 15) is 9.59 Å². The van der Waals surface area contributed by atoms with Crippen LogP contribution in [0.3, 0.4) is 0 Å². The second-order valence-corrected chi connectivity index (χ2v) is 8.02. The first-order chi connectivity index (χ1) is 15.6. The number of aromatic nitrogens is 2. The van der Waals surface area contributed by atoms with Crippen molar-refractivity contribution in [3.8, 4) is 0 Å². The van der Waals surface area contributed by atoms with Gasteiger partial charge in [0.1, 0.15) is 0 Å². The highest BCUT2D eigenvalue weighted by Gasteiger charge is 2.32. The average molecular weight is 441 g/mol. The van der Waals surface area contributed by atoms with E-state index in [1.807, 2.05) is 21.9 Å². The lowest BCUT2D eigenvalue weighted by molar-refractivity contribution is -0.134. The van der Waals surface area contributed by atoms with Crippen LogP contribution in [0.4, 0.5) is 0 Å². The predicted molar refractivity (Wildman–Crippen MR) is 114 cm³/mol. The minimum Gasteiger partial charge on any atom is -0.483 e. The van der Waals surface area contributed by atoms with Crippen LogP contribution < -0.4 is 0 Å². The van der Waals surface area contributed by atoms with Crippen LogP contribution in [0, 0.1) is 0 Å². The number of nitrogens with one attached hydrogen (secondary N) is 1. The van der Waals surface area contributed by atoms with Crippen LogP contribution in [-0.2, 0) is 40.4 Å². The Morgan fingerprint density at radius 3 is 2.38 bits per heavy atom. The fraction of sp³-hybridized carbons (Fsp3) is 0.455. The summed E-state index contributed by atoms with van der Waals surface area (Å²) < 4.78 is 5.35. The summed E-state index contributed by atoms with van der Waals surface area (Å²) in [5.74, 6) is 0.0850. The Bertz CT molecular complexity index is 960. The van der Waals surface area contributed by atoms with E-state index in [2.05, 4.69) is 27.2 Å². The smallest absolute Gasteiger partial charge is 0.290 e. The first kappa shape index (κ1) is 22.0. The Morgan fingerprint density at radius 2 is 1.72 bits per heavy atom. The minimum atomic E-state index is -0.250. The summed E-state index contributed by atoms with van der Waals surface area (Å²) in [5.41, 5.74) is 4.75. The number of carbonyl (C=O) groups is 3. The number of aromatic amines is 1. The van der Waals surface area contributed by atoms with Gasteiger partial charge in [-0.15, -0.1) is 0 Å². The van der Waals surface area contributed by atoms with Crippen molar-refractivity contribution in [3.63, 3.8) is 0 Å². The quantitative estimate of drug-likeness (QED) is 0.665. The molecule has 5 rings (SSSR count). The third-order valence-electron chi connectivity index (χ3n) is 6.08. The maximum absolute atomic E-state index is 13.1. The molecular weight excluding hydrogens is 414 g/mol. The van der Waals surface area contributed by atoms with Crippen LogP contribution >= 0.6 is 0 Å². The summed E-state index contributed by atoms with van der Waals surface area (Å²) in [7, 11) is 0. The van der Waals surface area contributed by atoms with Gasteiger partial charge in [0.05, 0.1) is 32.0 Å². The number of amides is 2. The maximum atomic E-state index is 13.1. The summed E-state index contributed by atoms with van der Waals surface area (Å²) in [5, 5.41) is 14.2. The molecule has 0 radical (unpaired) electrons. The van der Waals surface area contributed by atoms with Gasteiger partial charge in [-0.05, 0) is 17.5 Å². The molecular formula is C22H27N5O5. The van der Waals surface area contributed by atoms with Crippen molar-refractivity contribution in [1.82, 2.24) is 24.9 Å². The predicted octanol–water partition coefficient (Wildman–Crippen LogP) is 0.483. The molecule has 1 aromatic carbocycles. The zero-order valence-electron chi connectivity index (χ0n) is 17.8. The van der Waals surface area contributed by atoms with Crippen LogP contribution in [0.1, 0.15) is 32.9 Å². The lowest BCUT2D eigenvalue weighted by atomic mass is 10.0. The van der Waals surface area contributed by atoms with Gasteiger partial charge in [-0.3, -0.25) is 24.4 Å². The number of H-pyrrole nitrogens is 1. The SMILES string of the molecule is O=C(CN1CCOCC1)N1CCc2c(C(=O)N3Cc4ccccc4C3)n[nH]c2C1.O=CO. The molecule has 0 aliphatic carbocycles. The lowest BCUT2D eigenvalue weighted by Gasteiger charge is -2.31. The highest BCUT2D eigenvalue weighted by Crippen LogP contribution is 2.27. The summed E-state index contributed by atoms with van der Waals surface area (Å²) in [6.45, 7) is 5.49. The number of fused-ring (bicyclic) bond motifs is 2. The third-order valence-corrected chi connectivity index (χ3v) is 6.08. The molecule has 0 bridgehead atoms. The molecule has 170 valence electrons. The zero-order chi connectivity index (χ0) is 22.5. The van der Waals surface area contributed by atoms with Crippen LogP contribution in [0.5, 0.6) is 0 Å². The van der Waals surface area contributed by atoms with Crippen LogP contribution in [0.15, 0.2) is 24.3 Å². The van der Waals surface area contributed by atoms with Crippen LogP contribution in [-0.4, -0.2) is 87.7 Å². The third kappa shape index (κ3) is 4.66. The number of nitrogens with zero attached hydrogens (tertiary/aromatic N) is 4. The molecule has 0 spiro atoms. The molecule has 10 nitrogen and oxygen atoms in total. The molecule has 0 unspecified atom stereocenters. The van der Waals surface area contributed by atoms with E-state index in [0.29, 0.717) is 58.1 Å². The topological polar surface area (TPSA) is 119 Å². The van der Waals surface area contributed by atoms with Crippen molar-refractivity contribution < 1.29 is 24.2 Å². The van der Waals surface area contributed by atoms with Gasteiger partial charge in [0.25, 0.3) is 12.4 Å². The Kier molecular flexibility index (Phi) is 6.81. The van der Waals surface area contributed by atoms with Crippen molar-refractivity contribution in [2.75, 3.05) is 39.4 Å². The van der Waals surface area contributed by atoms with Gasteiger partial charge in [0.15, 0.2) is 5.69 Å². The zero-order valence-corrected chi connectivity index (χ0v) is 17.8. The largest absolute Gasteiger partial charge is 0.483 e. The van der Waals surface area contributed by atoms with E-state index in [4.69, 9.17) is 14.6 Å². The number of benzene rings is 1. The summed E-state index contributed by atoms with van der Waals surface area (Å²) >= 11 is 0. The van der Waals surface area contributed by atoms with Gasteiger partial charge in [-0.2, -0.15) is 5.10 Å². The van der Waals surface area contributed by atoms with Crippen molar-refractivity contribution in [3.05, 3.63) is 52.3 Å². The lowest BCUT2D eigenvalue weighted by Crippen LogP contribution is -2.46. The second-order valence-electron chi connectivity index (χ2n) is 8.02. The van der Waals surface area contributed by atoms with Gasteiger partial charge >= 0.3 is 0 Å². The number of morpholine rings is 1. The van der Waals surface area contributed by atoms with E-state index in [1.54, 1.807) is 0 Å². The maximum Gasteiger partial charge on any atom is 0.290 e. The first-order valence-electron chi connectivity index (χ1n) is 10.7. The molecule has 1 fully saturated rings. The van der Waals surface area contributed by atoms with Crippen molar-refractivity contribution >= 4 is 18.3 Å². The van der Waals surface area contributed by atoms with Gasteiger partial charge in [0.2, 0.25) is 5.91 Å². The number of hydrogen-bond donors (Lipinski definition) is 2. The van der Waals surface area contributed by atoms with E-state index in [0.717, 1.165) is 24.3 Å². The first-order valence-corrected chi connectivity index (χ1v) is 10.7. The molecule has 32 heavy (non-hydrogen) atoms. The average Bonchev–Trinajstić information content (AvgIpc) is 3.44. The Labute approximate surface area is 185 Å². The Hall–Kier alpha value is -3.24. The van der Waals surface area contributed by atoms with Crippen LogP contribution in [0.2, 0.25) is 0 Å². The number of carboxylic acid groups (broad SMARTS) is 1. The number of carbonyl (C=O) groups excluding carboxylic acids is 2. The molecule has 0 saturated carbocycles. The second kappa shape index (κ2) is 9.92. The van der Waals surface area contributed by atoms with Gasteiger partial charge in [-0.1, -0.05) is 24.3 Å². The van der Waals surface area contributed by atoms with E-state index < -0.39 is 0 Å². The van der Waals surface area contributed by atoms with Gasteiger partial charge < -0.3 is 19.6 Å². The monoisotopic (exact) mass is 441 g/mol. The molecule has 1 aromatic heterocycles. The molecule has 10 heteroatoms. The summed E-state index contributed by atoms with van der Waals surface area (Å²) in [4.78, 5) is 40.0. The highest BCUT2D eigenvalue weighted by molar-refractivity contribution is 5.94. The standard InChI is InChI=1S/C21H25N5O3.CH2O2/c27-19(14-24-7-9-29-10-8-24)25-6-5-17-18(13-25)22-23-20(17)21(28)26-11-15-3-1-2-4-16(15)12-26;2-1-3/h1-4H,5-14H2,(H,22,23);1H,(H,2,3).